The van der Waals surface area contributed by atoms with Crippen LogP contribution in [-0.4, -0.2) is 25.7 Å². The number of hydrogen-bond acceptors (Lipinski definition) is 7. The summed E-state index contributed by atoms with van der Waals surface area (Å²) >= 11 is 0. The van der Waals surface area contributed by atoms with Crippen LogP contribution in [0.4, 0.5) is 10.1 Å². The second-order valence-corrected chi connectivity index (χ2v) is 7.76. The Morgan fingerprint density at radius 3 is 2.67 bits per heavy atom. The summed E-state index contributed by atoms with van der Waals surface area (Å²) in [7, 11) is -2.73. The van der Waals surface area contributed by atoms with Crippen LogP contribution in [0.25, 0.3) is 11.7 Å². The molecule has 0 radical (unpaired) electrons. The predicted octanol–water partition coefficient (Wildman–Crippen LogP) is 3.55. The standard InChI is InChI=1S/C17H16FN3O5S/c1-24-13-6-5-11(9-12(13)18)21-27(22,23)15-8-7-14(25-15)17-20-19-16(26-17)10-3-2-4-10/h5-10,21H,2-4H2,1H3. The van der Waals surface area contributed by atoms with Gasteiger partial charge in [-0.25, -0.2) is 4.39 Å². The van der Waals surface area contributed by atoms with Crippen LogP contribution in [0.5, 0.6) is 5.75 Å². The van der Waals surface area contributed by atoms with Crippen LogP contribution in [0, 0.1) is 5.82 Å². The molecule has 1 saturated carbocycles. The van der Waals surface area contributed by atoms with Crippen LogP contribution < -0.4 is 9.46 Å². The first-order valence-corrected chi connectivity index (χ1v) is 9.74. The lowest BCUT2D eigenvalue weighted by Crippen LogP contribution is -2.12. The number of benzene rings is 1. The SMILES string of the molecule is COc1ccc(NS(=O)(=O)c2ccc(-c3nnc(C4CCC4)o3)o2)cc1F. The molecular weight excluding hydrogens is 377 g/mol. The number of hydrogen-bond donors (Lipinski definition) is 1. The molecule has 8 nitrogen and oxygen atoms in total. The molecular formula is C17H16FN3O5S. The maximum absolute atomic E-state index is 13.7. The minimum absolute atomic E-state index is 0.0110. The van der Waals surface area contributed by atoms with E-state index in [-0.39, 0.29) is 34.1 Å². The molecule has 0 atom stereocenters. The molecule has 10 heteroatoms. The van der Waals surface area contributed by atoms with E-state index in [0.717, 1.165) is 25.3 Å². The zero-order chi connectivity index (χ0) is 19.0. The van der Waals surface area contributed by atoms with Gasteiger partial charge in [0.15, 0.2) is 17.3 Å². The van der Waals surface area contributed by atoms with E-state index in [1.165, 1.54) is 31.4 Å². The summed E-state index contributed by atoms with van der Waals surface area (Å²) < 4.78 is 56.6. The predicted molar refractivity (Wildman–Crippen MR) is 92.4 cm³/mol. The van der Waals surface area contributed by atoms with Gasteiger partial charge < -0.3 is 13.6 Å². The molecule has 1 aliphatic rings. The molecule has 0 saturated heterocycles. The fraction of sp³-hybridized carbons (Fsp3) is 0.294. The Bertz CT molecular complexity index is 1070. The topological polar surface area (TPSA) is 107 Å². The van der Waals surface area contributed by atoms with E-state index in [9.17, 15) is 12.8 Å². The third-order valence-electron chi connectivity index (χ3n) is 4.36. The van der Waals surface area contributed by atoms with Crippen molar-refractivity contribution in [1.29, 1.82) is 0 Å². The Kier molecular flexibility index (Phi) is 4.34. The fourth-order valence-corrected chi connectivity index (χ4v) is 3.65. The molecule has 0 spiro atoms. The molecule has 0 aliphatic heterocycles. The van der Waals surface area contributed by atoms with Gasteiger partial charge in [-0.15, -0.1) is 10.2 Å². The van der Waals surface area contributed by atoms with Crippen molar-refractivity contribution >= 4 is 15.7 Å². The highest BCUT2D eigenvalue weighted by Gasteiger charge is 2.27. The number of nitrogens with zero attached hydrogens (tertiary/aromatic N) is 2. The molecule has 2 heterocycles. The number of furan rings is 1. The molecule has 27 heavy (non-hydrogen) atoms. The first-order chi connectivity index (χ1) is 13.0. The van der Waals surface area contributed by atoms with Crippen molar-refractivity contribution in [1.82, 2.24) is 10.2 Å². The number of halogens is 1. The van der Waals surface area contributed by atoms with Gasteiger partial charge in [-0.05, 0) is 37.1 Å². The lowest BCUT2D eigenvalue weighted by Gasteiger charge is -2.20. The van der Waals surface area contributed by atoms with E-state index < -0.39 is 15.8 Å². The van der Waals surface area contributed by atoms with Gasteiger partial charge >= 0.3 is 0 Å². The summed E-state index contributed by atoms with van der Waals surface area (Å²) in [6, 6.07) is 6.42. The Balaban J connectivity index is 1.54. The van der Waals surface area contributed by atoms with E-state index in [1.54, 1.807) is 0 Å². The van der Waals surface area contributed by atoms with Gasteiger partial charge in [0.25, 0.3) is 15.9 Å². The number of ether oxygens (including phenoxy) is 1. The van der Waals surface area contributed by atoms with Crippen LogP contribution in [0.2, 0.25) is 0 Å². The van der Waals surface area contributed by atoms with Crippen molar-refractivity contribution in [2.75, 3.05) is 11.8 Å². The van der Waals surface area contributed by atoms with Gasteiger partial charge in [0, 0.05) is 12.0 Å². The summed E-state index contributed by atoms with van der Waals surface area (Å²) in [5, 5.41) is 7.54. The third kappa shape index (κ3) is 3.39. The van der Waals surface area contributed by atoms with Crippen molar-refractivity contribution in [2.45, 2.75) is 30.3 Å². The highest BCUT2D eigenvalue weighted by molar-refractivity contribution is 7.92. The summed E-state index contributed by atoms with van der Waals surface area (Å²) in [5.74, 6) is 0.382. The summed E-state index contributed by atoms with van der Waals surface area (Å²) in [5.41, 5.74) is 0.0382. The lowest BCUT2D eigenvalue weighted by atomic mass is 9.85. The van der Waals surface area contributed by atoms with Gasteiger partial charge in [-0.1, -0.05) is 6.42 Å². The van der Waals surface area contributed by atoms with E-state index in [1.807, 2.05) is 0 Å². The maximum Gasteiger partial charge on any atom is 0.295 e. The van der Waals surface area contributed by atoms with Crippen LogP contribution in [0.3, 0.4) is 0 Å². The third-order valence-corrected chi connectivity index (χ3v) is 5.61. The molecule has 1 aromatic carbocycles. The highest BCUT2D eigenvalue weighted by Crippen LogP contribution is 2.36. The number of aromatic nitrogens is 2. The normalized spacial score (nSPS) is 14.7. The molecule has 142 valence electrons. The zero-order valence-electron chi connectivity index (χ0n) is 14.3. The number of nitrogens with one attached hydrogen (secondary N) is 1. The Hall–Kier alpha value is -2.88. The van der Waals surface area contributed by atoms with Gasteiger partial charge in [0.1, 0.15) is 0 Å². The minimum atomic E-state index is -4.05. The Morgan fingerprint density at radius 2 is 2.00 bits per heavy atom. The highest BCUT2D eigenvalue weighted by atomic mass is 32.2. The number of methoxy groups -OCH3 is 1. The molecule has 1 fully saturated rings. The summed E-state index contributed by atoms with van der Waals surface area (Å²) in [6.45, 7) is 0. The first kappa shape index (κ1) is 17.5. The van der Waals surface area contributed by atoms with E-state index in [0.29, 0.717) is 5.89 Å². The van der Waals surface area contributed by atoms with Gasteiger partial charge in [-0.3, -0.25) is 4.72 Å². The average Bonchev–Trinajstić information content (AvgIpc) is 3.22. The van der Waals surface area contributed by atoms with Gasteiger partial charge in [0.05, 0.1) is 12.8 Å². The zero-order valence-corrected chi connectivity index (χ0v) is 15.1. The van der Waals surface area contributed by atoms with Crippen LogP contribution in [0.15, 0.2) is 44.3 Å². The summed E-state index contributed by atoms with van der Waals surface area (Å²) in [4.78, 5) is 0. The molecule has 0 unspecified atom stereocenters. The molecule has 4 rings (SSSR count). The molecule has 3 aromatic rings. The van der Waals surface area contributed by atoms with E-state index >= 15 is 0 Å². The van der Waals surface area contributed by atoms with E-state index in [4.69, 9.17) is 13.6 Å². The molecule has 0 amide bonds. The molecule has 0 bridgehead atoms. The number of sulfonamides is 1. The minimum Gasteiger partial charge on any atom is -0.494 e. The number of anilines is 1. The molecule has 1 N–H and O–H groups in total. The quantitative estimate of drug-likeness (QED) is 0.682. The number of rotatable bonds is 6. The second kappa shape index (κ2) is 6.69. The average molecular weight is 393 g/mol. The van der Waals surface area contributed by atoms with Crippen molar-refractivity contribution in [3.05, 3.63) is 42.0 Å². The van der Waals surface area contributed by atoms with Crippen molar-refractivity contribution < 1.29 is 26.4 Å². The fourth-order valence-electron chi connectivity index (χ4n) is 2.67. The van der Waals surface area contributed by atoms with Crippen LogP contribution in [-0.2, 0) is 10.0 Å². The smallest absolute Gasteiger partial charge is 0.295 e. The van der Waals surface area contributed by atoms with Crippen LogP contribution >= 0.6 is 0 Å². The van der Waals surface area contributed by atoms with Crippen molar-refractivity contribution in [3.8, 4) is 17.4 Å². The van der Waals surface area contributed by atoms with Gasteiger partial charge in [0.2, 0.25) is 11.0 Å². The largest absolute Gasteiger partial charge is 0.494 e. The first-order valence-electron chi connectivity index (χ1n) is 8.26. The Morgan fingerprint density at radius 1 is 1.19 bits per heavy atom. The Labute approximate surface area is 154 Å². The van der Waals surface area contributed by atoms with E-state index in [2.05, 4.69) is 14.9 Å². The second-order valence-electron chi connectivity index (χ2n) is 6.15. The molecule has 1 aliphatic carbocycles. The monoisotopic (exact) mass is 393 g/mol. The van der Waals surface area contributed by atoms with Crippen molar-refractivity contribution in [2.24, 2.45) is 0 Å². The van der Waals surface area contributed by atoms with Crippen molar-refractivity contribution in [3.63, 3.8) is 0 Å². The molecule has 2 aromatic heterocycles. The van der Waals surface area contributed by atoms with Crippen LogP contribution in [0.1, 0.15) is 31.1 Å². The lowest BCUT2D eigenvalue weighted by molar-refractivity contribution is 0.334. The summed E-state index contributed by atoms with van der Waals surface area (Å²) in [6.07, 6.45) is 3.13. The maximum atomic E-state index is 13.7. The van der Waals surface area contributed by atoms with Gasteiger partial charge in [-0.2, -0.15) is 8.42 Å².